The maximum absolute atomic E-state index is 12.0. The number of nitrogens with two attached hydrogens (primary N) is 1. The number of aryl methyl sites for hydroxylation is 1. The molecule has 0 heterocycles. The molecule has 0 atom stereocenters. The van der Waals surface area contributed by atoms with Crippen LogP contribution in [0.1, 0.15) is 41.3 Å². The highest BCUT2D eigenvalue weighted by molar-refractivity contribution is 6.03. The zero-order valence-electron chi connectivity index (χ0n) is 14.1. The number of hydrogen-bond donors (Lipinski definition) is 2. The first-order valence-electron chi connectivity index (χ1n) is 7.80. The molecular formula is C19H22N2O3. The molecule has 2 amide bonds. The van der Waals surface area contributed by atoms with Crippen LogP contribution in [0.3, 0.4) is 0 Å². The number of anilines is 1. The van der Waals surface area contributed by atoms with Gasteiger partial charge in [-0.05, 0) is 48.2 Å². The average molecular weight is 326 g/mol. The number of primary amides is 1. The predicted octanol–water partition coefficient (Wildman–Crippen LogP) is 3.23. The van der Waals surface area contributed by atoms with Crippen molar-refractivity contribution in [3.05, 3.63) is 59.2 Å². The standard InChI is InChI=1S/C19H22N2O3/c1-12(2)15-9-8-14(10-13(15)3)24-11-18(22)21-17-7-5-4-6-16(17)19(20)23/h4-10,12H,11H2,1-3H3,(H2,20,23)(H,21,22). The van der Waals surface area contributed by atoms with Crippen LogP contribution in [0, 0.1) is 6.92 Å². The number of carbonyl (C=O) groups excluding carboxylic acids is 2. The van der Waals surface area contributed by atoms with Crippen molar-refractivity contribution < 1.29 is 14.3 Å². The van der Waals surface area contributed by atoms with Crippen LogP contribution in [0.2, 0.25) is 0 Å². The van der Waals surface area contributed by atoms with Crippen molar-refractivity contribution >= 4 is 17.5 Å². The summed E-state index contributed by atoms with van der Waals surface area (Å²) in [6.07, 6.45) is 0. The van der Waals surface area contributed by atoms with Crippen LogP contribution < -0.4 is 15.8 Å². The zero-order chi connectivity index (χ0) is 17.7. The zero-order valence-corrected chi connectivity index (χ0v) is 14.1. The van der Waals surface area contributed by atoms with Gasteiger partial charge in [-0.25, -0.2) is 0 Å². The van der Waals surface area contributed by atoms with E-state index in [1.807, 2.05) is 25.1 Å². The smallest absolute Gasteiger partial charge is 0.262 e. The Balaban J connectivity index is 1.99. The third kappa shape index (κ3) is 4.35. The Morgan fingerprint density at radius 3 is 2.50 bits per heavy atom. The summed E-state index contributed by atoms with van der Waals surface area (Å²) in [5.41, 5.74) is 8.31. The van der Waals surface area contributed by atoms with E-state index in [0.717, 1.165) is 5.56 Å². The molecule has 0 bridgehead atoms. The highest BCUT2D eigenvalue weighted by atomic mass is 16.5. The summed E-state index contributed by atoms with van der Waals surface area (Å²) in [5, 5.41) is 2.64. The van der Waals surface area contributed by atoms with Crippen LogP contribution in [-0.4, -0.2) is 18.4 Å². The van der Waals surface area contributed by atoms with Gasteiger partial charge >= 0.3 is 0 Å². The van der Waals surface area contributed by atoms with E-state index in [2.05, 4.69) is 19.2 Å². The van der Waals surface area contributed by atoms with Gasteiger partial charge in [0.2, 0.25) is 0 Å². The van der Waals surface area contributed by atoms with Gasteiger partial charge in [0.15, 0.2) is 6.61 Å². The largest absolute Gasteiger partial charge is 0.484 e. The molecule has 2 aromatic rings. The van der Waals surface area contributed by atoms with Gasteiger partial charge in [0.1, 0.15) is 5.75 Å². The Bertz CT molecular complexity index is 754. The number of hydrogen-bond acceptors (Lipinski definition) is 3. The van der Waals surface area contributed by atoms with E-state index in [4.69, 9.17) is 10.5 Å². The first kappa shape index (κ1) is 17.5. The number of rotatable bonds is 6. The maximum atomic E-state index is 12.0. The average Bonchev–Trinajstić information content (AvgIpc) is 2.53. The van der Waals surface area contributed by atoms with Crippen LogP contribution in [0.15, 0.2) is 42.5 Å². The Labute approximate surface area is 141 Å². The van der Waals surface area contributed by atoms with Crippen molar-refractivity contribution in [2.24, 2.45) is 5.73 Å². The first-order valence-corrected chi connectivity index (χ1v) is 7.80. The molecule has 2 rings (SSSR count). The fraction of sp³-hybridized carbons (Fsp3) is 0.263. The van der Waals surface area contributed by atoms with Gasteiger partial charge in [-0.15, -0.1) is 0 Å². The molecule has 0 unspecified atom stereocenters. The molecule has 0 radical (unpaired) electrons. The van der Waals surface area contributed by atoms with Crippen LogP contribution in [0.5, 0.6) is 5.75 Å². The van der Waals surface area contributed by atoms with E-state index in [1.165, 1.54) is 5.56 Å². The van der Waals surface area contributed by atoms with Gasteiger partial charge in [0.25, 0.3) is 11.8 Å². The lowest BCUT2D eigenvalue weighted by Crippen LogP contribution is -2.22. The highest BCUT2D eigenvalue weighted by Crippen LogP contribution is 2.23. The van der Waals surface area contributed by atoms with Gasteiger partial charge in [0.05, 0.1) is 11.3 Å². The van der Waals surface area contributed by atoms with E-state index in [9.17, 15) is 9.59 Å². The number of nitrogens with one attached hydrogen (secondary N) is 1. The second kappa shape index (κ2) is 7.64. The van der Waals surface area contributed by atoms with Crippen molar-refractivity contribution in [3.8, 4) is 5.75 Å². The number of benzene rings is 2. The molecule has 24 heavy (non-hydrogen) atoms. The summed E-state index contributed by atoms with van der Waals surface area (Å²) in [6, 6.07) is 12.4. The minimum absolute atomic E-state index is 0.145. The SMILES string of the molecule is Cc1cc(OCC(=O)Nc2ccccc2C(N)=O)ccc1C(C)C. The molecule has 0 saturated heterocycles. The van der Waals surface area contributed by atoms with E-state index < -0.39 is 5.91 Å². The summed E-state index contributed by atoms with van der Waals surface area (Å²) in [6.45, 7) is 6.14. The lowest BCUT2D eigenvalue weighted by atomic mass is 9.98. The van der Waals surface area contributed by atoms with Gasteiger partial charge in [-0.3, -0.25) is 9.59 Å². The molecular weight excluding hydrogens is 304 g/mol. The van der Waals surface area contributed by atoms with E-state index in [1.54, 1.807) is 24.3 Å². The topological polar surface area (TPSA) is 81.4 Å². The Morgan fingerprint density at radius 2 is 1.88 bits per heavy atom. The van der Waals surface area contributed by atoms with E-state index in [-0.39, 0.29) is 18.1 Å². The molecule has 0 fully saturated rings. The Morgan fingerprint density at radius 1 is 1.17 bits per heavy atom. The molecule has 0 aromatic heterocycles. The summed E-state index contributed by atoms with van der Waals surface area (Å²) in [5.74, 6) is 0.129. The molecule has 0 saturated carbocycles. The number of carbonyl (C=O) groups is 2. The van der Waals surface area contributed by atoms with E-state index in [0.29, 0.717) is 17.4 Å². The molecule has 0 aliphatic heterocycles. The van der Waals surface area contributed by atoms with Crippen molar-refractivity contribution in [2.45, 2.75) is 26.7 Å². The lowest BCUT2D eigenvalue weighted by molar-refractivity contribution is -0.118. The molecule has 2 aromatic carbocycles. The summed E-state index contributed by atoms with van der Waals surface area (Å²) in [4.78, 5) is 23.4. The minimum atomic E-state index is -0.591. The minimum Gasteiger partial charge on any atom is -0.484 e. The van der Waals surface area contributed by atoms with Crippen LogP contribution in [0.25, 0.3) is 0 Å². The molecule has 0 aliphatic carbocycles. The van der Waals surface area contributed by atoms with Crippen molar-refractivity contribution in [1.29, 1.82) is 0 Å². The van der Waals surface area contributed by atoms with Gasteiger partial charge in [0, 0.05) is 0 Å². The molecule has 5 nitrogen and oxygen atoms in total. The summed E-state index contributed by atoms with van der Waals surface area (Å²) in [7, 11) is 0. The lowest BCUT2D eigenvalue weighted by Gasteiger charge is -2.13. The fourth-order valence-electron chi connectivity index (χ4n) is 2.53. The fourth-order valence-corrected chi connectivity index (χ4v) is 2.53. The monoisotopic (exact) mass is 326 g/mol. The van der Waals surface area contributed by atoms with Crippen LogP contribution >= 0.6 is 0 Å². The Hall–Kier alpha value is -2.82. The highest BCUT2D eigenvalue weighted by Gasteiger charge is 2.11. The maximum Gasteiger partial charge on any atom is 0.262 e. The number of amides is 2. The van der Waals surface area contributed by atoms with Crippen molar-refractivity contribution in [1.82, 2.24) is 0 Å². The van der Waals surface area contributed by atoms with Crippen molar-refractivity contribution in [3.63, 3.8) is 0 Å². The van der Waals surface area contributed by atoms with Gasteiger partial charge in [-0.2, -0.15) is 0 Å². The number of ether oxygens (including phenoxy) is 1. The third-order valence-corrected chi connectivity index (χ3v) is 3.70. The molecule has 0 spiro atoms. The molecule has 5 heteroatoms. The van der Waals surface area contributed by atoms with E-state index >= 15 is 0 Å². The molecule has 0 aliphatic rings. The van der Waals surface area contributed by atoms with Crippen LogP contribution in [-0.2, 0) is 4.79 Å². The molecule has 3 N–H and O–H groups in total. The van der Waals surface area contributed by atoms with Gasteiger partial charge in [-0.1, -0.05) is 32.0 Å². The summed E-state index contributed by atoms with van der Waals surface area (Å²) >= 11 is 0. The van der Waals surface area contributed by atoms with Crippen molar-refractivity contribution in [2.75, 3.05) is 11.9 Å². The predicted molar refractivity (Wildman–Crippen MR) is 94.4 cm³/mol. The Kier molecular flexibility index (Phi) is 5.58. The third-order valence-electron chi connectivity index (χ3n) is 3.70. The first-order chi connectivity index (χ1) is 11.4. The number of para-hydroxylation sites is 1. The van der Waals surface area contributed by atoms with Gasteiger partial charge < -0.3 is 15.8 Å². The molecule has 126 valence electrons. The second-order valence-electron chi connectivity index (χ2n) is 5.92. The second-order valence-corrected chi connectivity index (χ2v) is 5.92. The summed E-state index contributed by atoms with van der Waals surface area (Å²) < 4.78 is 5.53. The van der Waals surface area contributed by atoms with Crippen LogP contribution in [0.4, 0.5) is 5.69 Å². The quantitative estimate of drug-likeness (QED) is 0.855. The normalized spacial score (nSPS) is 10.5.